The lowest BCUT2D eigenvalue weighted by Gasteiger charge is -2.20. The van der Waals surface area contributed by atoms with Crippen LogP contribution in [0.2, 0.25) is 0 Å². The van der Waals surface area contributed by atoms with Gasteiger partial charge in [-0.3, -0.25) is 9.59 Å². The molecule has 0 spiro atoms. The van der Waals surface area contributed by atoms with Crippen LogP contribution in [0.4, 0.5) is 0 Å². The summed E-state index contributed by atoms with van der Waals surface area (Å²) in [7, 11) is 0. The van der Waals surface area contributed by atoms with E-state index in [0.717, 1.165) is 12.8 Å². The summed E-state index contributed by atoms with van der Waals surface area (Å²) >= 11 is 0. The number of ketones is 1. The summed E-state index contributed by atoms with van der Waals surface area (Å²) in [6.07, 6.45) is 2.19. The molecular formula is C12H20O4. The van der Waals surface area contributed by atoms with Crippen LogP contribution in [-0.2, 0) is 14.3 Å². The van der Waals surface area contributed by atoms with Gasteiger partial charge in [0.2, 0.25) is 0 Å². The molecule has 0 aliphatic heterocycles. The first kappa shape index (κ1) is 13.2. The second-order valence-corrected chi connectivity index (χ2v) is 4.72. The van der Waals surface area contributed by atoms with Crippen molar-refractivity contribution < 1.29 is 19.4 Å². The van der Waals surface area contributed by atoms with E-state index in [0.29, 0.717) is 13.0 Å². The molecule has 1 fully saturated rings. The Balaban J connectivity index is 2.36. The highest BCUT2D eigenvalue weighted by molar-refractivity contribution is 5.85. The summed E-state index contributed by atoms with van der Waals surface area (Å²) in [5, 5.41) is 10.0. The Bertz CT molecular complexity index is 274. The van der Waals surface area contributed by atoms with Crippen LogP contribution >= 0.6 is 0 Å². The molecule has 1 aliphatic rings. The summed E-state index contributed by atoms with van der Waals surface area (Å²) in [5.74, 6) is -0.518. The molecule has 0 aromatic rings. The molecule has 4 nitrogen and oxygen atoms in total. The van der Waals surface area contributed by atoms with E-state index in [-0.39, 0.29) is 24.5 Å². The second kappa shape index (κ2) is 5.43. The van der Waals surface area contributed by atoms with E-state index in [1.807, 2.05) is 6.92 Å². The molecule has 1 saturated carbocycles. The van der Waals surface area contributed by atoms with E-state index in [1.165, 1.54) is 0 Å². The normalized spacial score (nSPS) is 29.4. The van der Waals surface area contributed by atoms with E-state index in [9.17, 15) is 14.7 Å². The van der Waals surface area contributed by atoms with E-state index in [4.69, 9.17) is 4.74 Å². The molecule has 1 N–H and O–H groups in total. The number of aliphatic hydroxyl groups is 1. The largest absolute Gasteiger partial charge is 0.466 e. The highest BCUT2D eigenvalue weighted by Gasteiger charge is 2.42. The van der Waals surface area contributed by atoms with Crippen molar-refractivity contribution in [3.8, 4) is 0 Å². The van der Waals surface area contributed by atoms with Gasteiger partial charge in [0.05, 0.1) is 18.6 Å². The third-order valence-electron chi connectivity index (χ3n) is 2.97. The van der Waals surface area contributed by atoms with Crippen LogP contribution in [0.5, 0.6) is 0 Å². The molecule has 0 saturated heterocycles. The van der Waals surface area contributed by atoms with E-state index < -0.39 is 11.6 Å². The highest BCUT2D eigenvalue weighted by atomic mass is 16.5. The Hall–Kier alpha value is -0.900. The van der Waals surface area contributed by atoms with Crippen LogP contribution in [0, 0.1) is 5.92 Å². The number of carbonyl (C=O) groups excluding carboxylic acids is 2. The minimum Gasteiger partial charge on any atom is -0.466 e. The van der Waals surface area contributed by atoms with Gasteiger partial charge in [-0.15, -0.1) is 0 Å². The predicted molar refractivity (Wildman–Crippen MR) is 58.8 cm³/mol. The Morgan fingerprint density at radius 3 is 2.81 bits per heavy atom. The fourth-order valence-electron chi connectivity index (χ4n) is 2.04. The number of ether oxygens (including phenoxy) is 1. The van der Waals surface area contributed by atoms with Crippen LogP contribution in [0.1, 0.15) is 46.0 Å². The average Bonchev–Trinajstić information content (AvgIpc) is 2.40. The second-order valence-electron chi connectivity index (χ2n) is 4.72. The Morgan fingerprint density at radius 2 is 2.31 bits per heavy atom. The van der Waals surface area contributed by atoms with Gasteiger partial charge in [0.15, 0.2) is 0 Å². The van der Waals surface area contributed by atoms with Crippen LogP contribution in [-0.4, -0.2) is 29.1 Å². The summed E-state index contributed by atoms with van der Waals surface area (Å²) in [4.78, 5) is 22.7. The van der Waals surface area contributed by atoms with Gasteiger partial charge in [0.1, 0.15) is 5.78 Å². The number of carbonyl (C=O) groups is 2. The topological polar surface area (TPSA) is 63.6 Å². The van der Waals surface area contributed by atoms with Crippen LogP contribution in [0.15, 0.2) is 0 Å². The van der Waals surface area contributed by atoms with Crippen molar-refractivity contribution in [2.75, 3.05) is 6.61 Å². The molecule has 16 heavy (non-hydrogen) atoms. The van der Waals surface area contributed by atoms with Crippen molar-refractivity contribution in [3.63, 3.8) is 0 Å². The lowest BCUT2D eigenvalue weighted by atomic mass is 9.97. The maximum absolute atomic E-state index is 11.4. The molecule has 1 rings (SSSR count). The lowest BCUT2D eigenvalue weighted by molar-refractivity contribution is -0.149. The van der Waals surface area contributed by atoms with Gasteiger partial charge >= 0.3 is 5.97 Å². The first-order valence-corrected chi connectivity index (χ1v) is 5.87. The molecule has 2 atom stereocenters. The predicted octanol–water partition coefficient (Wildman–Crippen LogP) is 1.45. The molecule has 2 unspecified atom stereocenters. The van der Waals surface area contributed by atoms with Gasteiger partial charge < -0.3 is 9.84 Å². The molecule has 0 aromatic heterocycles. The fraction of sp³-hybridized carbons (Fsp3) is 0.833. The third kappa shape index (κ3) is 3.59. The van der Waals surface area contributed by atoms with Crippen molar-refractivity contribution in [1.82, 2.24) is 0 Å². The van der Waals surface area contributed by atoms with Crippen molar-refractivity contribution in [1.29, 1.82) is 0 Å². The van der Waals surface area contributed by atoms with Crippen LogP contribution in [0.25, 0.3) is 0 Å². The monoisotopic (exact) mass is 228 g/mol. The van der Waals surface area contributed by atoms with E-state index >= 15 is 0 Å². The SMILES string of the molecule is CCCCOC(=O)CC1(O)CC(=O)C(C)C1. The lowest BCUT2D eigenvalue weighted by Crippen LogP contribution is -2.29. The van der Waals surface area contributed by atoms with Crippen molar-refractivity contribution in [2.24, 2.45) is 5.92 Å². The van der Waals surface area contributed by atoms with Crippen molar-refractivity contribution in [3.05, 3.63) is 0 Å². The molecule has 92 valence electrons. The maximum atomic E-state index is 11.4. The van der Waals surface area contributed by atoms with Gasteiger partial charge in [-0.25, -0.2) is 0 Å². The summed E-state index contributed by atoms with van der Waals surface area (Å²) < 4.78 is 4.97. The summed E-state index contributed by atoms with van der Waals surface area (Å²) in [6, 6.07) is 0. The highest BCUT2D eigenvalue weighted by Crippen LogP contribution is 2.34. The van der Waals surface area contributed by atoms with Gasteiger partial charge in [-0.05, 0) is 12.8 Å². The smallest absolute Gasteiger partial charge is 0.308 e. The molecule has 0 heterocycles. The van der Waals surface area contributed by atoms with Gasteiger partial charge in [-0.1, -0.05) is 20.3 Å². The Labute approximate surface area is 96.0 Å². The molecule has 0 aromatic carbocycles. The zero-order chi connectivity index (χ0) is 12.2. The number of hydrogen-bond donors (Lipinski definition) is 1. The molecule has 0 bridgehead atoms. The number of rotatable bonds is 5. The first-order valence-electron chi connectivity index (χ1n) is 5.87. The number of hydrogen-bond acceptors (Lipinski definition) is 4. The third-order valence-corrected chi connectivity index (χ3v) is 2.97. The van der Waals surface area contributed by atoms with Crippen molar-refractivity contribution >= 4 is 11.8 Å². The molecule has 0 amide bonds. The number of esters is 1. The van der Waals surface area contributed by atoms with Gasteiger partial charge in [-0.2, -0.15) is 0 Å². The van der Waals surface area contributed by atoms with E-state index in [2.05, 4.69) is 0 Å². The molecular weight excluding hydrogens is 208 g/mol. The zero-order valence-corrected chi connectivity index (χ0v) is 9.99. The molecule has 4 heteroatoms. The Morgan fingerprint density at radius 1 is 1.62 bits per heavy atom. The van der Waals surface area contributed by atoms with Crippen molar-refractivity contribution in [2.45, 2.75) is 51.6 Å². The fourth-order valence-corrected chi connectivity index (χ4v) is 2.04. The maximum Gasteiger partial charge on any atom is 0.308 e. The average molecular weight is 228 g/mol. The minimum atomic E-state index is -1.17. The zero-order valence-electron chi connectivity index (χ0n) is 9.99. The van der Waals surface area contributed by atoms with E-state index in [1.54, 1.807) is 6.92 Å². The Kier molecular flexibility index (Phi) is 4.47. The first-order chi connectivity index (χ1) is 7.47. The van der Waals surface area contributed by atoms with Crippen LogP contribution < -0.4 is 0 Å². The summed E-state index contributed by atoms with van der Waals surface area (Å²) in [5.41, 5.74) is -1.17. The van der Waals surface area contributed by atoms with Gasteiger partial charge in [0, 0.05) is 12.3 Å². The standard InChI is InChI=1S/C12H20O4/c1-3-4-5-16-11(14)8-12(15)6-9(2)10(13)7-12/h9,15H,3-8H2,1-2H3. The minimum absolute atomic E-state index is 0.0314. The molecule has 1 aliphatic carbocycles. The number of Topliss-reactive ketones (excluding diaryl/α,β-unsaturated/α-hetero) is 1. The van der Waals surface area contributed by atoms with Gasteiger partial charge in [0.25, 0.3) is 0 Å². The summed E-state index contributed by atoms with van der Waals surface area (Å²) in [6.45, 7) is 4.19. The number of unbranched alkanes of at least 4 members (excludes halogenated alkanes) is 1. The van der Waals surface area contributed by atoms with Crippen LogP contribution in [0.3, 0.4) is 0 Å². The molecule has 0 radical (unpaired) electrons. The quantitative estimate of drug-likeness (QED) is 0.571.